The Morgan fingerprint density at radius 2 is 1.81 bits per heavy atom. The maximum absolute atomic E-state index is 9.58. The molecular weight excluding hydrogens is 216 g/mol. The summed E-state index contributed by atoms with van der Waals surface area (Å²) >= 11 is 0. The summed E-state index contributed by atoms with van der Waals surface area (Å²) in [5, 5.41) is 37.5. The first-order chi connectivity index (χ1) is 7.61. The van der Waals surface area contributed by atoms with E-state index in [2.05, 4.69) is 0 Å². The van der Waals surface area contributed by atoms with Crippen LogP contribution in [0.2, 0.25) is 0 Å². The van der Waals surface area contributed by atoms with Crippen LogP contribution in [0.25, 0.3) is 0 Å². The van der Waals surface area contributed by atoms with Gasteiger partial charge in [-0.15, -0.1) is 0 Å². The van der Waals surface area contributed by atoms with Crippen molar-refractivity contribution < 1.29 is 29.9 Å². The molecular formula is C10H20O6. The Balaban J connectivity index is 2.50. The van der Waals surface area contributed by atoms with Crippen molar-refractivity contribution >= 4 is 0 Å². The molecule has 0 radical (unpaired) electrons. The van der Waals surface area contributed by atoms with Crippen LogP contribution in [0.15, 0.2) is 0 Å². The predicted molar refractivity (Wildman–Crippen MR) is 54.6 cm³/mol. The number of unbranched alkanes of at least 4 members (excludes halogenated alkanes) is 1. The van der Waals surface area contributed by atoms with Gasteiger partial charge in [-0.1, -0.05) is 13.3 Å². The highest BCUT2D eigenvalue weighted by atomic mass is 16.7. The van der Waals surface area contributed by atoms with Gasteiger partial charge >= 0.3 is 0 Å². The molecule has 4 N–H and O–H groups in total. The monoisotopic (exact) mass is 236 g/mol. The lowest BCUT2D eigenvalue weighted by atomic mass is 9.99. The number of aliphatic hydroxyl groups is 4. The minimum atomic E-state index is -1.36. The summed E-state index contributed by atoms with van der Waals surface area (Å²) in [4.78, 5) is 0. The molecule has 0 unspecified atom stereocenters. The molecule has 1 fully saturated rings. The second kappa shape index (κ2) is 6.48. The number of ether oxygens (including phenoxy) is 2. The van der Waals surface area contributed by atoms with Crippen LogP contribution in [-0.2, 0) is 9.47 Å². The number of hydrogen-bond acceptors (Lipinski definition) is 6. The summed E-state index contributed by atoms with van der Waals surface area (Å²) in [5.41, 5.74) is 0. The van der Waals surface area contributed by atoms with Crippen molar-refractivity contribution in [2.24, 2.45) is 0 Å². The fourth-order valence-electron chi connectivity index (χ4n) is 1.55. The molecule has 96 valence electrons. The molecule has 6 heteroatoms. The highest BCUT2D eigenvalue weighted by Crippen LogP contribution is 2.21. The van der Waals surface area contributed by atoms with Gasteiger partial charge in [-0.2, -0.15) is 0 Å². The Labute approximate surface area is 94.4 Å². The molecule has 0 aromatic rings. The zero-order valence-electron chi connectivity index (χ0n) is 9.32. The van der Waals surface area contributed by atoms with Crippen LogP contribution in [0.4, 0.5) is 0 Å². The molecule has 0 amide bonds. The maximum atomic E-state index is 9.58. The van der Waals surface area contributed by atoms with Crippen molar-refractivity contribution in [3.05, 3.63) is 0 Å². The summed E-state index contributed by atoms with van der Waals surface area (Å²) in [6, 6.07) is 0. The molecule has 1 heterocycles. The largest absolute Gasteiger partial charge is 0.394 e. The van der Waals surface area contributed by atoms with Gasteiger partial charge in [0.15, 0.2) is 6.29 Å². The van der Waals surface area contributed by atoms with E-state index in [9.17, 15) is 15.3 Å². The van der Waals surface area contributed by atoms with Crippen molar-refractivity contribution in [3.8, 4) is 0 Å². The summed E-state index contributed by atoms with van der Waals surface area (Å²) in [5.74, 6) is 0. The molecule has 0 saturated carbocycles. The molecule has 1 aliphatic rings. The van der Waals surface area contributed by atoms with Gasteiger partial charge in [0.25, 0.3) is 0 Å². The molecule has 0 aliphatic carbocycles. The van der Waals surface area contributed by atoms with E-state index in [4.69, 9.17) is 14.6 Å². The summed E-state index contributed by atoms with van der Waals surface area (Å²) < 4.78 is 10.4. The summed E-state index contributed by atoms with van der Waals surface area (Å²) in [6.45, 7) is 1.97. The zero-order valence-corrected chi connectivity index (χ0v) is 9.32. The highest BCUT2D eigenvalue weighted by Gasteiger charge is 2.43. The SMILES string of the molecule is CCCCO[C@H]1O[C@H](CO)[C@@H](O)[C@H](O)[C@@H]1O. The van der Waals surface area contributed by atoms with E-state index in [0.29, 0.717) is 6.61 Å². The van der Waals surface area contributed by atoms with Crippen molar-refractivity contribution in [1.82, 2.24) is 0 Å². The van der Waals surface area contributed by atoms with Gasteiger partial charge in [0.2, 0.25) is 0 Å². The third-order valence-corrected chi connectivity index (χ3v) is 2.63. The van der Waals surface area contributed by atoms with Gasteiger partial charge in [-0.05, 0) is 6.42 Å². The minimum Gasteiger partial charge on any atom is -0.394 e. The number of aliphatic hydroxyl groups excluding tert-OH is 4. The fraction of sp³-hybridized carbons (Fsp3) is 1.00. The minimum absolute atomic E-state index is 0.402. The number of hydrogen-bond donors (Lipinski definition) is 4. The third kappa shape index (κ3) is 3.13. The Kier molecular flexibility index (Phi) is 5.60. The van der Waals surface area contributed by atoms with Crippen LogP contribution in [0.5, 0.6) is 0 Å². The Hall–Kier alpha value is -0.240. The average molecular weight is 236 g/mol. The van der Waals surface area contributed by atoms with Crippen LogP contribution in [0.3, 0.4) is 0 Å². The van der Waals surface area contributed by atoms with Crippen LogP contribution >= 0.6 is 0 Å². The Morgan fingerprint density at radius 1 is 1.12 bits per heavy atom. The van der Waals surface area contributed by atoms with Crippen LogP contribution in [0, 0.1) is 0 Å². The quantitative estimate of drug-likeness (QED) is 0.438. The molecule has 0 aromatic heterocycles. The number of rotatable bonds is 5. The first-order valence-corrected chi connectivity index (χ1v) is 5.54. The lowest BCUT2D eigenvalue weighted by molar-refractivity contribution is -0.301. The lowest BCUT2D eigenvalue weighted by Gasteiger charge is -2.39. The van der Waals surface area contributed by atoms with Gasteiger partial charge in [-0.25, -0.2) is 0 Å². The molecule has 0 bridgehead atoms. The lowest BCUT2D eigenvalue weighted by Crippen LogP contribution is -2.59. The van der Waals surface area contributed by atoms with E-state index in [1.54, 1.807) is 0 Å². The van der Waals surface area contributed by atoms with Gasteiger partial charge in [0.05, 0.1) is 6.61 Å². The molecule has 16 heavy (non-hydrogen) atoms. The Morgan fingerprint density at radius 3 is 2.38 bits per heavy atom. The molecule has 5 atom stereocenters. The van der Waals surface area contributed by atoms with E-state index in [0.717, 1.165) is 12.8 Å². The van der Waals surface area contributed by atoms with Crippen molar-refractivity contribution in [2.45, 2.75) is 50.5 Å². The zero-order chi connectivity index (χ0) is 12.1. The molecule has 1 saturated heterocycles. The Bertz CT molecular complexity index is 198. The van der Waals surface area contributed by atoms with E-state index >= 15 is 0 Å². The normalized spacial score (nSPS) is 39.9. The van der Waals surface area contributed by atoms with Crippen molar-refractivity contribution in [3.63, 3.8) is 0 Å². The van der Waals surface area contributed by atoms with Crippen LogP contribution in [0.1, 0.15) is 19.8 Å². The first-order valence-electron chi connectivity index (χ1n) is 5.54. The van der Waals surface area contributed by atoms with E-state index in [1.165, 1.54) is 0 Å². The van der Waals surface area contributed by atoms with Crippen molar-refractivity contribution in [1.29, 1.82) is 0 Å². The topological polar surface area (TPSA) is 99.4 Å². The third-order valence-electron chi connectivity index (χ3n) is 2.63. The van der Waals surface area contributed by atoms with Gasteiger partial charge in [-0.3, -0.25) is 0 Å². The fourth-order valence-corrected chi connectivity index (χ4v) is 1.55. The maximum Gasteiger partial charge on any atom is 0.186 e. The smallest absolute Gasteiger partial charge is 0.186 e. The van der Waals surface area contributed by atoms with Gasteiger partial charge < -0.3 is 29.9 Å². The summed E-state index contributed by atoms with van der Waals surface area (Å²) in [6.07, 6.45) is -4.13. The molecule has 1 rings (SSSR count). The van der Waals surface area contributed by atoms with Gasteiger partial charge in [0.1, 0.15) is 24.4 Å². The van der Waals surface area contributed by atoms with E-state index in [1.807, 2.05) is 6.92 Å². The molecule has 1 aliphatic heterocycles. The average Bonchev–Trinajstić information content (AvgIpc) is 2.29. The first kappa shape index (κ1) is 13.8. The second-order valence-electron chi connectivity index (χ2n) is 3.92. The molecule has 0 spiro atoms. The highest BCUT2D eigenvalue weighted by molar-refractivity contribution is 4.88. The van der Waals surface area contributed by atoms with Gasteiger partial charge in [0, 0.05) is 6.61 Å². The molecule has 6 nitrogen and oxygen atoms in total. The van der Waals surface area contributed by atoms with Crippen molar-refractivity contribution in [2.75, 3.05) is 13.2 Å². The summed E-state index contributed by atoms with van der Waals surface area (Å²) in [7, 11) is 0. The van der Waals surface area contributed by atoms with E-state index in [-0.39, 0.29) is 0 Å². The standard InChI is InChI=1S/C10H20O6/c1-2-3-4-15-10-9(14)8(13)7(12)6(5-11)16-10/h6-14H,2-5H2,1H3/t6-,7-,8+,9+,10+/m1/s1. The van der Waals surface area contributed by atoms with Crippen LogP contribution in [-0.4, -0.2) is 64.3 Å². The second-order valence-corrected chi connectivity index (χ2v) is 3.92. The molecule has 0 aromatic carbocycles. The van der Waals surface area contributed by atoms with Crippen LogP contribution < -0.4 is 0 Å². The van der Waals surface area contributed by atoms with E-state index < -0.39 is 37.3 Å². The predicted octanol–water partition coefficient (Wildman–Crippen LogP) is -1.40.